The molecule has 1 aliphatic heterocycles. The number of rotatable bonds is 1. The Morgan fingerprint density at radius 3 is 2.69 bits per heavy atom. The summed E-state index contributed by atoms with van der Waals surface area (Å²) in [5.74, 6) is 1.08. The largest absolute Gasteiger partial charge is 0.486 e. The molecule has 0 spiro atoms. The molecule has 1 aromatic carbocycles. The standard InChI is InChI=1S/C12H14O4/c1-8-3-4-11-12(5-8)15-7-10(6-14-11)16-9(2)13/h3-5,10H,6-7H2,1-2H3. The van der Waals surface area contributed by atoms with Crippen LogP contribution in [0.25, 0.3) is 0 Å². The van der Waals surface area contributed by atoms with Gasteiger partial charge in [0.25, 0.3) is 0 Å². The fourth-order valence-corrected chi connectivity index (χ4v) is 1.56. The maximum absolute atomic E-state index is 10.8. The Morgan fingerprint density at radius 1 is 1.31 bits per heavy atom. The Morgan fingerprint density at radius 2 is 2.00 bits per heavy atom. The molecule has 0 aliphatic carbocycles. The summed E-state index contributed by atoms with van der Waals surface area (Å²) >= 11 is 0. The second-order valence-corrected chi connectivity index (χ2v) is 3.80. The quantitative estimate of drug-likeness (QED) is 0.678. The molecule has 0 fully saturated rings. The first-order chi connectivity index (χ1) is 7.65. The van der Waals surface area contributed by atoms with E-state index in [1.54, 1.807) is 0 Å². The molecule has 2 rings (SSSR count). The Balaban J connectivity index is 2.09. The van der Waals surface area contributed by atoms with Crippen LogP contribution in [0, 0.1) is 6.92 Å². The number of hydrogen-bond acceptors (Lipinski definition) is 4. The van der Waals surface area contributed by atoms with Crippen molar-refractivity contribution in [1.82, 2.24) is 0 Å². The highest BCUT2D eigenvalue weighted by molar-refractivity contribution is 5.66. The SMILES string of the molecule is CC(=O)OC1COc2ccc(C)cc2OC1. The molecule has 1 unspecified atom stereocenters. The number of carbonyl (C=O) groups excluding carboxylic acids is 1. The Kier molecular flexibility index (Phi) is 2.99. The minimum atomic E-state index is -0.342. The summed E-state index contributed by atoms with van der Waals surface area (Å²) in [4.78, 5) is 10.8. The lowest BCUT2D eigenvalue weighted by atomic mass is 10.2. The third-order valence-electron chi connectivity index (χ3n) is 2.28. The van der Waals surface area contributed by atoms with Crippen molar-refractivity contribution >= 4 is 5.97 Å². The Hall–Kier alpha value is -1.71. The minimum Gasteiger partial charge on any atom is -0.486 e. The van der Waals surface area contributed by atoms with Crippen LogP contribution >= 0.6 is 0 Å². The zero-order valence-corrected chi connectivity index (χ0v) is 9.36. The van der Waals surface area contributed by atoms with Crippen LogP contribution in [-0.4, -0.2) is 25.3 Å². The van der Waals surface area contributed by atoms with E-state index in [-0.39, 0.29) is 12.1 Å². The predicted molar refractivity (Wildman–Crippen MR) is 57.7 cm³/mol. The van der Waals surface area contributed by atoms with Gasteiger partial charge in [-0.15, -0.1) is 0 Å². The van der Waals surface area contributed by atoms with Gasteiger partial charge >= 0.3 is 5.97 Å². The lowest BCUT2D eigenvalue weighted by molar-refractivity contribution is -0.148. The van der Waals surface area contributed by atoms with Crippen molar-refractivity contribution < 1.29 is 19.0 Å². The average molecular weight is 222 g/mol. The fourth-order valence-electron chi connectivity index (χ4n) is 1.56. The van der Waals surface area contributed by atoms with Crippen LogP contribution in [0.2, 0.25) is 0 Å². The van der Waals surface area contributed by atoms with Gasteiger partial charge in [-0.3, -0.25) is 4.79 Å². The third kappa shape index (κ3) is 2.45. The van der Waals surface area contributed by atoms with Crippen LogP contribution in [0.1, 0.15) is 12.5 Å². The molecule has 0 bridgehead atoms. The maximum Gasteiger partial charge on any atom is 0.303 e. The van der Waals surface area contributed by atoms with E-state index < -0.39 is 0 Å². The summed E-state index contributed by atoms with van der Waals surface area (Å²) in [6, 6.07) is 5.72. The fraction of sp³-hybridized carbons (Fsp3) is 0.417. The van der Waals surface area contributed by atoms with Gasteiger partial charge in [0.1, 0.15) is 13.2 Å². The molecule has 1 atom stereocenters. The molecule has 1 heterocycles. The van der Waals surface area contributed by atoms with Gasteiger partial charge in [-0.05, 0) is 24.6 Å². The van der Waals surface area contributed by atoms with E-state index in [2.05, 4.69) is 0 Å². The second kappa shape index (κ2) is 4.43. The molecule has 0 saturated carbocycles. The highest BCUT2D eigenvalue weighted by Crippen LogP contribution is 2.30. The van der Waals surface area contributed by atoms with Gasteiger partial charge in [0.2, 0.25) is 0 Å². The maximum atomic E-state index is 10.8. The van der Waals surface area contributed by atoms with Crippen molar-refractivity contribution in [3.8, 4) is 11.5 Å². The molecular weight excluding hydrogens is 208 g/mol. The van der Waals surface area contributed by atoms with E-state index in [0.717, 1.165) is 5.56 Å². The molecule has 86 valence electrons. The van der Waals surface area contributed by atoms with Crippen LogP contribution < -0.4 is 9.47 Å². The topological polar surface area (TPSA) is 44.8 Å². The molecule has 4 nitrogen and oxygen atoms in total. The van der Waals surface area contributed by atoms with E-state index in [4.69, 9.17) is 14.2 Å². The number of fused-ring (bicyclic) bond motifs is 1. The number of benzene rings is 1. The van der Waals surface area contributed by atoms with Crippen molar-refractivity contribution in [2.75, 3.05) is 13.2 Å². The van der Waals surface area contributed by atoms with Gasteiger partial charge in [-0.2, -0.15) is 0 Å². The van der Waals surface area contributed by atoms with Crippen LogP contribution in [0.4, 0.5) is 0 Å². The Bertz CT molecular complexity index is 400. The first-order valence-electron chi connectivity index (χ1n) is 5.18. The summed E-state index contributed by atoms with van der Waals surface area (Å²) in [5.41, 5.74) is 1.10. The van der Waals surface area contributed by atoms with Gasteiger partial charge in [0, 0.05) is 6.92 Å². The second-order valence-electron chi connectivity index (χ2n) is 3.80. The molecule has 0 radical (unpaired) electrons. The number of esters is 1. The van der Waals surface area contributed by atoms with Crippen LogP contribution in [-0.2, 0) is 9.53 Å². The van der Waals surface area contributed by atoms with Crippen LogP contribution in [0.5, 0.6) is 11.5 Å². The average Bonchev–Trinajstić information content (AvgIpc) is 2.40. The monoisotopic (exact) mass is 222 g/mol. The summed E-state index contributed by atoms with van der Waals surface area (Å²) in [5, 5.41) is 0. The molecule has 0 N–H and O–H groups in total. The molecule has 0 aromatic heterocycles. The highest BCUT2D eigenvalue weighted by Gasteiger charge is 2.20. The van der Waals surface area contributed by atoms with E-state index in [1.165, 1.54) is 6.92 Å². The van der Waals surface area contributed by atoms with Crippen molar-refractivity contribution in [1.29, 1.82) is 0 Å². The molecular formula is C12H14O4. The van der Waals surface area contributed by atoms with E-state index in [9.17, 15) is 4.79 Å². The summed E-state index contributed by atoms with van der Waals surface area (Å²) in [6.07, 6.45) is -0.342. The van der Waals surface area contributed by atoms with Crippen LogP contribution in [0.3, 0.4) is 0 Å². The predicted octanol–water partition coefficient (Wildman–Crippen LogP) is 1.70. The third-order valence-corrected chi connectivity index (χ3v) is 2.28. The smallest absolute Gasteiger partial charge is 0.303 e. The van der Waals surface area contributed by atoms with Crippen molar-refractivity contribution in [2.45, 2.75) is 20.0 Å². The number of ether oxygens (including phenoxy) is 3. The number of aryl methyl sites for hydroxylation is 1. The normalized spacial score (nSPS) is 18.8. The van der Waals surface area contributed by atoms with Gasteiger partial charge < -0.3 is 14.2 Å². The molecule has 0 saturated heterocycles. The zero-order valence-electron chi connectivity index (χ0n) is 9.36. The van der Waals surface area contributed by atoms with Gasteiger partial charge in [0.05, 0.1) is 0 Å². The van der Waals surface area contributed by atoms with Crippen molar-refractivity contribution in [2.24, 2.45) is 0 Å². The Labute approximate surface area is 94.1 Å². The van der Waals surface area contributed by atoms with Gasteiger partial charge in [-0.1, -0.05) is 6.07 Å². The van der Waals surface area contributed by atoms with Crippen LogP contribution in [0.15, 0.2) is 18.2 Å². The highest BCUT2D eigenvalue weighted by atomic mass is 16.6. The molecule has 1 aromatic rings. The van der Waals surface area contributed by atoms with Gasteiger partial charge in [0.15, 0.2) is 17.6 Å². The van der Waals surface area contributed by atoms with Crippen molar-refractivity contribution in [3.63, 3.8) is 0 Å². The molecule has 1 aliphatic rings. The minimum absolute atomic E-state index is 0.320. The van der Waals surface area contributed by atoms with E-state index in [0.29, 0.717) is 24.7 Å². The van der Waals surface area contributed by atoms with Crippen molar-refractivity contribution in [3.05, 3.63) is 23.8 Å². The number of hydrogen-bond donors (Lipinski definition) is 0. The van der Waals surface area contributed by atoms with Gasteiger partial charge in [-0.25, -0.2) is 0 Å². The molecule has 4 heteroatoms. The first-order valence-corrected chi connectivity index (χ1v) is 5.18. The number of carbonyl (C=O) groups is 1. The lowest BCUT2D eigenvalue weighted by Gasteiger charge is -2.12. The zero-order chi connectivity index (χ0) is 11.5. The summed E-state index contributed by atoms with van der Waals surface area (Å²) in [6.45, 7) is 4.02. The molecule has 16 heavy (non-hydrogen) atoms. The van der Waals surface area contributed by atoms with E-state index >= 15 is 0 Å². The summed E-state index contributed by atoms with van der Waals surface area (Å²) in [7, 11) is 0. The lowest BCUT2D eigenvalue weighted by Crippen LogP contribution is -2.28. The molecule has 0 amide bonds. The van der Waals surface area contributed by atoms with E-state index in [1.807, 2.05) is 25.1 Å². The first kappa shape index (κ1) is 10.8. The summed E-state index contributed by atoms with van der Waals surface area (Å²) < 4.78 is 16.1.